The maximum Gasteiger partial charge on any atom is 0.0884 e. The quantitative estimate of drug-likeness (QED) is 0.0482. The summed E-state index contributed by atoms with van der Waals surface area (Å²) in [6, 6.07) is 0. The van der Waals surface area contributed by atoms with Crippen molar-refractivity contribution in [2.24, 2.45) is 16.0 Å². The van der Waals surface area contributed by atoms with Crippen LogP contribution in [0.25, 0.3) is 0 Å². The van der Waals surface area contributed by atoms with Crippen molar-refractivity contribution in [1.29, 1.82) is 0 Å². The lowest BCUT2D eigenvalue weighted by molar-refractivity contribution is -0.890. The molecule has 1 unspecified atom stereocenters. The van der Waals surface area contributed by atoms with Gasteiger partial charge in [0.15, 0.2) is 0 Å². The fourth-order valence-corrected chi connectivity index (χ4v) is 6.60. The molecule has 0 saturated carbocycles. The molecular formula is C33H71N2O5S+. The van der Waals surface area contributed by atoms with E-state index in [1.54, 1.807) is 0 Å². The Balaban J connectivity index is 4.14. The van der Waals surface area contributed by atoms with Gasteiger partial charge in [0.05, 0.1) is 70.2 Å². The zero-order valence-electron chi connectivity index (χ0n) is 28.4. The molecule has 7 nitrogen and oxygen atoms in total. The third-order valence-corrected chi connectivity index (χ3v) is 9.75. The fourth-order valence-electron chi connectivity index (χ4n) is 4.80. The first kappa shape index (κ1) is 40.8. The molecule has 0 aromatic rings. The molecule has 0 spiro atoms. The predicted molar refractivity (Wildman–Crippen MR) is 178 cm³/mol. The first-order valence-corrected chi connectivity index (χ1v) is 18.5. The zero-order chi connectivity index (χ0) is 31.1. The average molecular weight is 608 g/mol. The van der Waals surface area contributed by atoms with E-state index in [4.69, 9.17) is 8.37 Å². The lowest BCUT2D eigenvalue weighted by Crippen LogP contribution is -2.41. The normalized spacial score (nSPS) is 15.1. The Hall–Kier alpha value is -0.250. The maximum atomic E-state index is 11.3. The molecule has 0 aliphatic carbocycles. The van der Waals surface area contributed by atoms with Crippen LogP contribution in [0.15, 0.2) is 5.18 Å². The second kappa shape index (κ2) is 23.2. The molecule has 0 rings (SSSR count). The van der Waals surface area contributed by atoms with Crippen molar-refractivity contribution in [3.05, 3.63) is 4.91 Å². The Bertz CT molecular complexity index is 633. The van der Waals surface area contributed by atoms with E-state index in [0.29, 0.717) is 5.75 Å². The highest BCUT2D eigenvalue weighted by atomic mass is 32.3. The Kier molecular flexibility index (Phi) is 23.0. The van der Waals surface area contributed by atoms with Crippen molar-refractivity contribution in [1.82, 2.24) is 0 Å². The second-order valence-corrected chi connectivity index (χ2v) is 16.7. The van der Waals surface area contributed by atoms with Crippen LogP contribution >= 0.6 is 10.9 Å². The van der Waals surface area contributed by atoms with Gasteiger partial charge >= 0.3 is 0 Å². The number of hydrogen-bond acceptors (Lipinski definition) is 6. The highest BCUT2D eigenvalue weighted by Gasteiger charge is 2.31. The summed E-state index contributed by atoms with van der Waals surface area (Å²) >= 11 is 0. The van der Waals surface area contributed by atoms with Crippen LogP contribution in [0.1, 0.15) is 144 Å². The number of nitroso groups, excluding NO2 is 1. The van der Waals surface area contributed by atoms with Crippen molar-refractivity contribution < 1.29 is 22.5 Å². The molecule has 0 heterocycles. The van der Waals surface area contributed by atoms with Gasteiger partial charge in [0.25, 0.3) is 0 Å². The van der Waals surface area contributed by atoms with Gasteiger partial charge in [0.2, 0.25) is 0 Å². The lowest BCUT2D eigenvalue weighted by Gasteiger charge is -2.38. The first-order valence-electron chi connectivity index (χ1n) is 16.8. The summed E-state index contributed by atoms with van der Waals surface area (Å²) in [5, 5.41) is 12.6. The minimum Gasteiger partial charge on any atom is -0.396 e. The number of unbranched alkanes of at least 4 members (excludes halogenated alkanes) is 15. The molecule has 2 N–H and O–H groups in total. The van der Waals surface area contributed by atoms with Crippen molar-refractivity contribution in [2.75, 3.05) is 59.3 Å². The minimum atomic E-state index is -2.77. The van der Waals surface area contributed by atoms with Crippen molar-refractivity contribution >= 4 is 10.9 Å². The van der Waals surface area contributed by atoms with E-state index in [2.05, 4.69) is 26.2 Å². The second-order valence-electron chi connectivity index (χ2n) is 14.6. The van der Waals surface area contributed by atoms with Crippen LogP contribution in [0.3, 0.4) is 0 Å². The zero-order valence-corrected chi connectivity index (χ0v) is 29.2. The third kappa shape index (κ3) is 24.8. The summed E-state index contributed by atoms with van der Waals surface area (Å²) in [5.41, 5.74) is -0.937. The van der Waals surface area contributed by atoms with Crippen LogP contribution in [-0.2, 0) is 8.37 Å². The molecule has 0 aliphatic heterocycles. The van der Waals surface area contributed by atoms with Crippen LogP contribution in [0.2, 0.25) is 0 Å². The molecule has 0 aliphatic rings. The van der Waals surface area contributed by atoms with Crippen molar-refractivity contribution in [3.8, 4) is 0 Å². The standard InChI is InChI=1S/C33H70N2O5S/c1-8-9-10-11-12-13-14-15-16-17-18-19-20-21-22-23-25-35(6,7)26-24-27-41(38,40-31-33(4,5)29-36)39-30-32(2,3)28-34-37/h36H,8-31H2,1-7H3/p+1. The predicted octanol–water partition coefficient (Wildman–Crippen LogP) is 9.67. The smallest absolute Gasteiger partial charge is 0.0884 e. The van der Waals surface area contributed by atoms with Gasteiger partial charge in [0, 0.05) is 17.3 Å². The molecule has 41 heavy (non-hydrogen) atoms. The van der Waals surface area contributed by atoms with Crippen molar-refractivity contribution in [2.45, 2.75) is 144 Å². The van der Waals surface area contributed by atoms with E-state index < -0.39 is 21.7 Å². The van der Waals surface area contributed by atoms with Crippen LogP contribution in [0.4, 0.5) is 0 Å². The Morgan fingerprint density at radius 1 is 0.659 bits per heavy atom. The van der Waals surface area contributed by atoms with Crippen LogP contribution in [-0.4, -0.2) is 73.4 Å². The number of aliphatic hydroxyl groups excluding tert-OH is 1. The molecule has 0 amide bonds. The van der Waals surface area contributed by atoms with Crippen LogP contribution in [0, 0.1) is 15.7 Å². The molecule has 0 bridgehead atoms. The van der Waals surface area contributed by atoms with Gasteiger partial charge in [-0.3, -0.25) is 8.37 Å². The number of hydrogen-bond donors (Lipinski definition) is 2. The van der Waals surface area contributed by atoms with E-state index in [-0.39, 0.29) is 26.4 Å². The van der Waals surface area contributed by atoms with Gasteiger partial charge in [-0.15, -0.1) is 0 Å². The maximum absolute atomic E-state index is 11.3. The topological polar surface area (TPSA) is 88.3 Å². The van der Waals surface area contributed by atoms with Gasteiger partial charge < -0.3 is 14.1 Å². The molecule has 0 saturated heterocycles. The summed E-state index contributed by atoms with van der Waals surface area (Å²) in [7, 11) is 1.75. The third-order valence-electron chi connectivity index (χ3n) is 7.97. The number of aliphatic hydroxyl groups is 1. The highest BCUT2D eigenvalue weighted by molar-refractivity contribution is 8.21. The van der Waals surface area contributed by atoms with Gasteiger partial charge in [-0.1, -0.05) is 130 Å². The molecule has 8 heteroatoms. The summed E-state index contributed by atoms with van der Waals surface area (Å²) in [6.45, 7) is 12.4. The number of quaternary nitrogens is 1. The van der Waals surface area contributed by atoms with Gasteiger partial charge in [-0.25, -0.2) is 0 Å². The summed E-state index contributed by atoms with van der Waals surface area (Å²) in [5.74, 6) is 0.416. The first-order chi connectivity index (χ1) is 19.3. The van der Waals surface area contributed by atoms with Crippen LogP contribution < -0.4 is 0 Å². The molecule has 0 fully saturated rings. The monoisotopic (exact) mass is 608 g/mol. The Labute approximate surface area is 257 Å². The Morgan fingerprint density at radius 2 is 1.05 bits per heavy atom. The van der Waals surface area contributed by atoms with E-state index >= 15 is 0 Å². The van der Waals surface area contributed by atoms with E-state index in [9.17, 15) is 14.6 Å². The number of nitrogens with zero attached hydrogens (tertiary/aromatic N) is 2. The van der Waals surface area contributed by atoms with E-state index in [1.165, 1.54) is 103 Å². The van der Waals surface area contributed by atoms with E-state index in [0.717, 1.165) is 24.0 Å². The van der Waals surface area contributed by atoms with Crippen molar-refractivity contribution in [3.63, 3.8) is 0 Å². The lowest BCUT2D eigenvalue weighted by atomic mass is 9.96. The molecule has 0 radical (unpaired) electrons. The summed E-state index contributed by atoms with van der Waals surface area (Å²) < 4.78 is 24.0. The highest BCUT2D eigenvalue weighted by Crippen LogP contribution is 2.49. The summed E-state index contributed by atoms with van der Waals surface area (Å²) in [6.07, 6.45) is 22.9. The largest absolute Gasteiger partial charge is 0.396 e. The molecule has 248 valence electrons. The average Bonchev–Trinajstić information content (AvgIpc) is 2.91. The fraction of sp³-hybridized carbons (Fsp3) is 1.00. The number of rotatable bonds is 30. The SMILES string of the molecule is CCCCCCCCCCCCCCCCCC[N+](C)(C)CCCS(O)(OCC(C)(C)CO)OCC(C)(C)CN=O. The summed E-state index contributed by atoms with van der Waals surface area (Å²) in [4.78, 5) is 10.8. The van der Waals surface area contributed by atoms with Gasteiger partial charge in [-0.05, 0) is 12.8 Å². The molecule has 1 atom stereocenters. The van der Waals surface area contributed by atoms with Gasteiger partial charge in [-0.2, -0.15) is 4.91 Å². The molecule has 0 aromatic heterocycles. The van der Waals surface area contributed by atoms with E-state index in [1.807, 2.05) is 27.7 Å². The molecular weight excluding hydrogens is 536 g/mol. The van der Waals surface area contributed by atoms with Gasteiger partial charge in [0.1, 0.15) is 0 Å². The van der Waals surface area contributed by atoms with Crippen LogP contribution in [0.5, 0.6) is 0 Å². The Morgan fingerprint density at radius 3 is 1.46 bits per heavy atom. The molecule has 0 aromatic carbocycles. The minimum absolute atomic E-state index is 0.0354.